The summed E-state index contributed by atoms with van der Waals surface area (Å²) in [6, 6.07) is 17.5. The van der Waals surface area contributed by atoms with Crippen LogP contribution in [0.1, 0.15) is 29.7 Å². The lowest BCUT2D eigenvalue weighted by Crippen LogP contribution is -2.47. The normalized spacial score (nSPS) is 18.1. The van der Waals surface area contributed by atoms with Crippen molar-refractivity contribution in [3.05, 3.63) is 82.8 Å². The van der Waals surface area contributed by atoms with Gasteiger partial charge in [0.05, 0.1) is 6.04 Å². The van der Waals surface area contributed by atoms with Crippen LogP contribution >= 0.6 is 0 Å². The van der Waals surface area contributed by atoms with E-state index in [9.17, 15) is 13.2 Å². The van der Waals surface area contributed by atoms with Gasteiger partial charge >= 0.3 is 6.03 Å². The van der Waals surface area contributed by atoms with E-state index >= 15 is 0 Å². The van der Waals surface area contributed by atoms with Gasteiger partial charge < -0.3 is 10.2 Å². The van der Waals surface area contributed by atoms with Crippen molar-refractivity contribution in [1.29, 1.82) is 0 Å². The monoisotopic (exact) mass is 384 g/mol. The summed E-state index contributed by atoms with van der Waals surface area (Å²) in [6.07, 6.45) is 3.37. The zero-order valence-corrected chi connectivity index (χ0v) is 16.3. The summed E-state index contributed by atoms with van der Waals surface area (Å²) in [4.78, 5) is 14.8. The highest BCUT2D eigenvalue weighted by Crippen LogP contribution is 2.33. The summed E-state index contributed by atoms with van der Waals surface area (Å²) in [5, 5.41) is 4.01. The standard InChI is InChI=1S/C21H24N2O3S/c1-16(12-13-27(2,25)26)22-21(24)23-15-19-11-7-6-10-18(19)14-20(23)17-8-4-3-5-9-17/h3-13,16,20H,14-15H2,1-2H3,(H,22,24)/b13-12+/t16?,20-/m0/s1. The first-order chi connectivity index (χ1) is 12.8. The first-order valence-electron chi connectivity index (χ1n) is 8.90. The van der Waals surface area contributed by atoms with E-state index in [0.29, 0.717) is 6.54 Å². The number of nitrogens with one attached hydrogen (secondary N) is 1. The van der Waals surface area contributed by atoms with Gasteiger partial charge in [-0.25, -0.2) is 13.2 Å². The number of hydrogen-bond acceptors (Lipinski definition) is 3. The van der Waals surface area contributed by atoms with Crippen molar-refractivity contribution in [3.63, 3.8) is 0 Å². The van der Waals surface area contributed by atoms with Gasteiger partial charge in [-0.2, -0.15) is 0 Å². The Hall–Kier alpha value is -2.60. The highest BCUT2D eigenvalue weighted by molar-refractivity contribution is 7.93. The van der Waals surface area contributed by atoms with Gasteiger partial charge in [-0.05, 0) is 30.0 Å². The van der Waals surface area contributed by atoms with Crippen LogP contribution < -0.4 is 5.32 Å². The van der Waals surface area contributed by atoms with Crippen LogP contribution in [0.3, 0.4) is 0 Å². The smallest absolute Gasteiger partial charge is 0.318 e. The molecule has 0 aliphatic carbocycles. The lowest BCUT2D eigenvalue weighted by atomic mass is 9.90. The molecular weight excluding hydrogens is 360 g/mol. The number of urea groups is 1. The second kappa shape index (κ2) is 7.96. The van der Waals surface area contributed by atoms with Gasteiger partial charge in [0.1, 0.15) is 0 Å². The number of hydrogen-bond donors (Lipinski definition) is 1. The summed E-state index contributed by atoms with van der Waals surface area (Å²) in [7, 11) is -3.22. The average Bonchev–Trinajstić information content (AvgIpc) is 2.65. The van der Waals surface area contributed by atoms with Gasteiger partial charge in [0.15, 0.2) is 9.84 Å². The first-order valence-corrected chi connectivity index (χ1v) is 10.9. The number of carbonyl (C=O) groups excluding carboxylic acids is 1. The van der Waals surface area contributed by atoms with Crippen molar-refractivity contribution in [3.8, 4) is 0 Å². The Bertz CT molecular complexity index is 939. The van der Waals surface area contributed by atoms with Crippen molar-refractivity contribution in [2.24, 2.45) is 0 Å². The molecule has 0 aromatic heterocycles. The third kappa shape index (κ3) is 4.98. The van der Waals surface area contributed by atoms with Gasteiger partial charge in [-0.1, -0.05) is 60.7 Å². The second-order valence-corrected chi connectivity index (χ2v) is 8.85. The number of amides is 2. The highest BCUT2D eigenvalue weighted by Gasteiger charge is 2.31. The molecule has 0 saturated carbocycles. The van der Waals surface area contributed by atoms with Crippen molar-refractivity contribution in [2.75, 3.05) is 6.26 Å². The van der Waals surface area contributed by atoms with Gasteiger partial charge in [0.25, 0.3) is 0 Å². The third-order valence-electron chi connectivity index (χ3n) is 4.66. The molecule has 2 atom stereocenters. The third-order valence-corrected chi connectivity index (χ3v) is 5.31. The number of carbonyl (C=O) groups is 1. The summed E-state index contributed by atoms with van der Waals surface area (Å²) in [5.41, 5.74) is 3.47. The fourth-order valence-electron chi connectivity index (χ4n) is 3.30. The fraction of sp³-hybridized carbons (Fsp3) is 0.286. The SMILES string of the molecule is CC(/C=C/S(C)(=O)=O)NC(=O)N1Cc2ccccc2C[C@H]1c1ccccc1. The number of sulfone groups is 1. The van der Waals surface area contributed by atoms with E-state index in [4.69, 9.17) is 0 Å². The number of nitrogens with zero attached hydrogens (tertiary/aromatic N) is 1. The van der Waals surface area contributed by atoms with Crippen LogP contribution in [0.2, 0.25) is 0 Å². The lowest BCUT2D eigenvalue weighted by Gasteiger charge is -2.37. The molecule has 2 amide bonds. The molecule has 1 N–H and O–H groups in total. The zero-order valence-electron chi connectivity index (χ0n) is 15.5. The van der Waals surface area contributed by atoms with Crippen LogP contribution in [0.5, 0.6) is 0 Å². The maximum absolute atomic E-state index is 13.0. The van der Waals surface area contributed by atoms with Crippen LogP contribution in [-0.2, 0) is 22.8 Å². The molecule has 2 aromatic rings. The van der Waals surface area contributed by atoms with E-state index in [1.165, 1.54) is 11.6 Å². The molecule has 0 fully saturated rings. The minimum atomic E-state index is -3.22. The van der Waals surface area contributed by atoms with Crippen LogP contribution in [0.15, 0.2) is 66.1 Å². The van der Waals surface area contributed by atoms with Gasteiger partial charge in [0.2, 0.25) is 0 Å². The van der Waals surface area contributed by atoms with Crippen LogP contribution in [0.4, 0.5) is 4.79 Å². The average molecular weight is 385 g/mol. The predicted molar refractivity (Wildman–Crippen MR) is 107 cm³/mol. The first kappa shape index (κ1) is 19.2. The van der Waals surface area contributed by atoms with Crippen LogP contribution in [0.25, 0.3) is 0 Å². The van der Waals surface area contributed by atoms with E-state index in [0.717, 1.165) is 29.2 Å². The summed E-state index contributed by atoms with van der Waals surface area (Å²) in [6.45, 7) is 2.28. The number of fused-ring (bicyclic) bond motifs is 1. The fourth-order valence-corrected chi connectivity index (χ4v) is 3.82. The van der Waals surface area contributed by atoms with Crippen molar-refractivity contribution >= 4 is 15.9 Å². The zero-order chi connectivity index (χ0) is 19.4. The predicted octanol–water partition coefficient (Wildman–Crippen LogP) is 3.44. The topological polar surface area (TPSA) is 66.5 Å². The molecule has 142 valence electrons. The molecule has 0 spiro atoms. The Morgan fingerprint density at radius 2 is 1.74 bits per heavy atom. The van der Waals surface area contributed by atoms with Gasteiger partial charge in [-0.15, -0.1) is 0 Å². The van der Waals surface area contributed by atoms with Gasteiger partial charge in [0, 0.05) is 24.3 Å². The Labute approximate surface area is 160 Å². The Balaban J connectivity index is 1.84. The van der Waals surface area contributed by atoms with E-state index < -0.39 is 9.84 Å². The molecule has 0 bridgehead atoms. The Morgan fingerprint density at radius 3 is 2.41 bits per heavy atom. The molecule has 2 aromatic carbocycles. The minimum Gasteiger partial charge on any atom is -0.332 e. The second-order valence-electron chi connectivity index (χ2n) is 6.92. The Kier molecular flexibility index (Phi) is 5.65. The van der Waals surface area contributed by atoms with Crippen LogP contribution in [0, 0.1) is 0 Å². The molecule has 1 aliphatic heterocycles. The molecule has 3 rings (SSSR count). The molecule has 5 nitrogen and oxygen atoms in total. The molecule has 1 unspecified atom stereocenters. The maximum Gasteiger partial charge on any atom is 0.318 e. The summed E-state index contributed by atoms with van der Waals surface area (Å²) >= 11 is 0. The van der Waals surface area contributed by atoms with Gasteiger partial charge in [-0.3, -0.25) is 0 Å². The summed E-state index contributed by atoms with van der Waals surface area (Å²) in [5.74, 6) is 0. The lowest BCUT2D eigenvalue weighted by molar-refractivity contribution is 0.162. The molecular formula is C21H24N2O3S. The van der Waals surface area contributed by atoms with E-state index in [1.807, 2.05) is 53.4 Å². The van der Waals surface area contributed by atoms with Crippen molar-refractivity contribution < 1.29 is 13.2 Å². The van der Waals surface area contributed by atoms with E-state index in [1.54, 1.807) is 6.92 Å². The molecule has 1 aliphatic rings. The number of rotatable bonds is 4. The van der Waals surface area contributed by atoms with Crippen LogP contribution in [-0.4, -0.2) is 31.6 Å². The quantitative estimate of drug-likeness (QED) is 0.878. The maximum atomic E-state index is 13.0. The van der Waals surface area contributed by atoms with E-state index in [-0.39, 0.29) is 18.1 Å². The Morgan fingerprint density at radius 1 is 1.11 bits per heavy atom. The number of benzene rings is 2. The highest BCUT2D eigenvalue weighted by atomic mass is 32.2. The van der Waals surface area contributed by atoms with E-state index in [2.05, 4.69) is 11.4 Å². The molecule has 0 saturated heterocycles. The summed E-state index contributed by atoms with van der Waals surface area (Å²) < 4.78 is 22.6. The molecule has 1 heterocycles. The molecule has 0 radical (unpaired) electrons. The van der Waals surface area contributed by atoms with Crippen molar-refractivity contribution in [1.82, 2.24) is 10.2 Å². The largest absolute Gasteiger partial charge is 0.332 e. The minimum absolute atomic E-state index is 0.0628. The molecule has 6 heteroatoms. The molecule has 27 heavy (non-hydrogen) atoms. The van der Waals surface area contributed by atoms with Crippen molar-refractivity contribution in [2.45, 2.75) is 32.0 Å².